The minimum atomic E-state index is -0.831. The molecule has 3 nitrogen and oxygen atoms in total. The first-order chi connectivity index (χ1) is 8.24. The fourth-order valence-electron chi connectivity index (χ4n) is 3.19. The molecule has 3 aliphatic heterocycles. The van der Waals surface area contributed by atoms with Gasteiger partial charge in [-0.05, 0) is 56.0 Å². The second-order valence-electron chi connectivity index (χ2n) is 5.16. The van der Waals surface area contributed by atoms with Crippen LogP contribution < -0.4 is 0 Å². The van der Waals surface area contributed by atoms with E-state index in [4.69, 9.17) is 5.11 Å². The Kier molecular flexibility index (Phi) is 2.63. The van der Waals surface area contributed by atoms with Gasteiger partial charge in [-0.25, -0.2) is 4.79 Å². The molecule has 0 spiro atoms. The first kappa shape index (κ1) is 10.8. The lowest BCUT2D eigenvalue weighted by Crippen LogP contribution is -2.43. The van der Waals surface area contributed by atoms with E-state index in [2.05, 4.69) is 11.0 Å². The van der Waals surface area contributed by atoms with Gasteiger partial charge in [0, 0.05) is 6.04 Å². The maximum Gasteiger partial charge on any atom is 0.335 e. The minimum absolute atomic E-state index is 0.408. The van der Waals surface area contributed by atoms with Crippen molar-refractivity contribution >= 4 is 5.97 Å². The van der Waals surface area contributed by atoms with E-state index in [0.29, 0.717) is 11.6 Å². The molecule has 1 atom stereocenters. The number of piperidine rings is 3. The van der Waals surface area contributed by atoms with E-state index in [0.717, 1.165) is 5.92 Å². The molecule has 0 radical (unpaired) electrons. The maximum absolute atomic E-state index is 11.0. The van der Waals surface area contributed by atoms with Crippen molar-refractivity contribution in [2.45, 2.75) is 25.3 Å². The van der Waals surface area contributed by atoms with Crippen LogP contribution in [0.2, 0.25) is 0 Å². The van der Waals surface area contributed by atoms with E-state index < -0.39 is 5.97 Å². The molecular weight excluding hydrogens is 214 g/mol. The number of carbonyl (C=O) groups is 1. The smallest absolute Gasteiger partial charge is 0.335 e. The summed E-state index contributed by atoms with van der Waals surface area (Å²) in [5, 5.41) is 9.03. The molecule has 2 bridgehead atoms. The Morgan fingerprint density at radius 2 is 2.06 bits per heavy atom. The molecule has 1 aromatic rings. The van der Waals surface area contributed by atoms with E-state index in [1.54, 1.807) is 6.07 Å². The second kappa shape index (κ2) is 4.15. The fraction of sp³-hybridized carbons (Fsp3) is 0.500. The SMILES string of the molecule is O=C(O)c1cccc(C2CC3CCN2CC3)c1. The van der Waals surface area contributed by atoms with E-state index in [-0.39, 0.29) is 0 Å². The summed E-state index contributed by atoms with van der Waals surface area (Å²) in [6, 6.07) is 7.89. The van der Waals surface area contributed by atoms with E-state index in [1.807, 2.05) is 12.1 Å². The molecule has 0 aromatic heterocycles. The van der Waals surface area contributed by atoms with E-state index >= 15 is 0 Å². The third-order valence-corrected chi connectivity index (χ3v) is 4.16. The average Bonchev–Trinajstić information content (AvgIpc) is 2.40. The van der Waals surface area contributed by atoms with Crippen LogP contribution >= 0.6 is 0 Å². The third-order valence-electron chi connectivity index (χ3n) is 4.16. The molecule has 90 valence electrons. The number of aromatic carboxylic acids is 1. The number of nitrogens with zero attached hydrogens (tertiary/aromatic N) is 1. The van der Waals surface area contributed by atoms with Crippen molar-refractivity contribution in [1.82, 2.24) is 4.90 Å². The standard InChI is InChI=1S/C14H17NO2/c16-14(17)12-3-1-2-11(9-12)13-8-10-4-6-15(13)7-5-10/h1-3,9-10,13H,4-8H2,(H,16,17). The number of carboxylic acids is 1. The van der Waals surface area contributed by atoms with Gasteiger partial charge in [-0.15, -0.1) is 0 Å². The Morgan fingerprint density at radius 3 is 2.65 bits per heavy atom. The number of rotatable bonds is 2. The Labute approximate surface area is 101 Å². The summed E-state index contributed by atoms with van der Waals surface area (Å²) in [6.45, 7) is 2.35. The first-order valence-corrected chi connectivity index (χ1v) is 6.31. The highest BCUT2D eigenvalue weighted by atomic mass is 16.4. The minimum Gasteiger partial charge on any atom is -0.478 e. The van der Waals surface area contributed by atoms with Gasteiger partial charge in [0.15, 0.2) is 0 Å². The van der Waals surface area contributed by atoms with Gasteiger partial charge in [0.2, 0.25) is 0 Å². The predicted molar refractivity (Wildman–Crippen MR) is 65.1 cm³/mol. The molecule has 1 aromatic carbocycles. The van der Waals surface area contributed by atoms with Crippen LogP contribution in [0.4, 0.5) is 0 Å². The average molecular weight is 231 g/mol. The van der Waals surface area contributed by atoms with Crippen LogP contribution in [0.5, 0.6) is 0 Å². The van der Waals surface area contributed by atoms with Crippen molar-refractivity contribution < 1.29 is 9.90 Å². The van der Waals surface area contributed by atoms with E-state index in [1.165, 1.54) is 37.9 Å². The number of hydrogen-bond donors (Lipinski definition) is 1. The zero-order valence-corrected chi connectivity index (χ0v) is 9.80. The molecule has 3 heterocycles. The summed E-state index contributed by atoms with van der Waals surface area (Å²) < 4.78 is 0. The highest BCUT2D eigenvalue weighted by molar-refractivity contribution is 5.87. The first-order valence-electron chi connectivity index (χ1n) is 6.31. The van der Waals surface area contributed by atoms with Gasteiger partial charge in [-0.3, -0.25) is 4.90 Å². The van der Waals surface area contributed by atoms with Crippen molar-refractivity contribution in [3.8, 4) is 0 Å². The molecule has 3 fully saturated rings. The van der Waals surface area contributed by atoms with Crippen molar-refractivity contribution in [1.29, 1.82) is 0 Å². The molecule has 1 unspecified atom stereocenters. The number of hydrogen-bond acceptors (Lipinski definition) is 2. The highest BCUT2D eigenvalue weighted by Gasteiger charge is 2.34. The summed E-state index contributed by atoms with van der Waals surface area (Å²) in [4.78, 5) is 13.5. The monoisotopic (exact) mass is 231 g/mol. The molecule has 1 N–H and O–H groups in total. The lowest BCUT2D eigenvalue weighted by atomic mass is 9.80. The third kappa shape index (κ3) is 1.95. The lowest BCUT2D eigenvalue weighted by molar-refractivity contribution is 0.0489. The molecule has 0 saturated carbocycles. The van der Waals surface area contributed by atoms with Gasteiger partial charge < -0.3 is 5.11 Å². The lowest BCUT2D eigenvalue weighted by Gasteiger charge is -2.45. The van der Waals surface area contributed by atoms with Gasteiger partial charge in [0.05, 0.1) is 5.56 Å². The Hall–Kier alpha value is -1.35. The van der Waals surface area contributed by atoms with Crippen molar-refractivity contribution in [2.24, 2.45) is 5.92 Å². The van der Waals surface area contributed by atoms with Gasteiger partial charge in [0.1, 0.15) is 0 Å². The number of benzene rings is 1. The Bertz CT molecular complexity index is 436. The van der Waals surface area contributed by atoms with Crippen LogP contribution in [0.1, 0.15) is 41.2 Å². The molecule has 0 aliphatic carbocycles. The van der Waals surface area contributed by atoms with Crippen LogP contribution in [0.25, 0.3) is 0 Å². The van der Waals surface area contributed by atoms with Crippen LogP contribution in [-0.4, -0.2) is 29.1 Å². The van der Waals surface area contributed by atoms with Gasteiger partial charge in [-0.2, -0.15) is 0 Å². The zero-order valence-electron chi connectivity index (χ0n) is 9.80. The molecule has 4 rings (SSSR count). The van der Waals surface area contributed by atoms with Crippen molar-refractivity contribution in [3.63, 3.8) is 0 Å². The fourth-order valence-corrected chi connectivity index (χ4v) is 3.19. The van der Waals surface area contributed by atoms with Crippen LogP contribution in [0, 0.1) is 5.92 Å². The molecular formula is C14H17NO2. The van der Waals surface area contributed by atoms with Crippen LogP contribution in [0.15, 0.2) is 24.3 Å². The molecule has 3 aliphatic rings. The number of fused-ring (bicyclic) bond motifs is 3. The zero-order chi connectivity index (χ0) is 11.8. The maximum atomic E-state index is 11.0. The quantitative estimate of drug-likeness (QED) is 0.850. The van der Waals surface area contributed by atoms with Crippen LogP contribution in [-0.2, 0) is 0 Å². The molecule has 17 heavy (non-hydrogen) atoms. The largest absolute Gasteiger partial charge is 0.478 e. The summed E-state index contributed by atoms with van der Waals surface area (Å²) in [7, 11) is 0. The summed E-state index contributed by atoms with van der Waals surface area (Å²) in [6.07, 6.45) is 3.83. The molecule has 0 amide bonds. The van der Waals surface area contributed by atoms with Crippen LogP contribution in [0.3, 0.4) is 0 Å². The highest BCUT2D eigenvalue weighted by Crippen LogP contribution is 2.40. The predicted octanol–water partition coefficient (Wildman–Crippen LogP) is 2.54. The van der Waals surface area contributed by atoms with Gasteiger partial charge in [-0.1, -0.05) is 12.1 Å². The second-order valence-corrected chi connectivity index (χ2v) is 5.16. The van der Waals surface area contributed by atoms with Gasteiger partial charge >= 0.3 is 5.97 Å². The van der Waals surface area contributed by atoms with Gasteiger partial charge in [0.25, 0.3) is 0 Å². The van der Waals surface area contributed by atoms with E-state index in [9.17, 15) is 4.79 Å². The normalized spacial score (nSPS) is 31.4. The molecule has 3 heteroatoms. The van der Waals surface area contributed by atoms with Crippen molar-refractivity contribution in [2.75, 3.05) is 13.1 Å². The topological polar surface area (TPSA) is 40.5 Å². The van der Waals surface area contributed by atoms with Crippen molar-refractivity contribution in [3.05, 3.63) is 35.4 Å². The Balaban J connectivity index is 1.88. The Morgan fingerprint density at radius 1 is 1.29 bits per heavy atom. The number of carboxylic acid groups (broad SMARTS) is 1. The molecule has 3 saturated heterocycles. The summed E-state index contributed by atoms with van der Waals surface area (Å²) in [5.41, 5.74) is 1.58. The summed E-state index contributed by atoms with van der Waals surface area (Å²) in [5.74, 6) is 0.0151. The summed E-state index contributed by atoms with van der Waals surface area (Å²) >= 11 is 0.